The van der Waals surface area contributed by atoms with Crippen molar-refractivity contribution in [3.63, 3.8) is 0 Å². The molecule has 1 saturated heterocycles. The Kier molecular flexibility index (Phi) is 4.42. The van der Waals surface area contributed by atoms with Gasteiger partial charge in [-0.2, -0.15) is 0 Å². The summed E-state index contributed by atoms with van der Waals surface area (Å²) < 4.78 is 11.9. The molecule has 0 amide bonds. The second-order valence-electron chi connectivity index (χ2n) is 7.45. The van der Waals surface area contributed by atoms with Crippen LogP contribution in [0.4, 0.5) is 11.4 Å². The first-order chi connectivity index (χ1) is 11.3. The van der Waals surface area contributed by atoms with E-state index in [0.717, 1.165) is 31.6 Å². The molecule has 6 heteroatoms. The standard InChI is InChI=1S/C18H26N2O4/c1-4-23-16-11-14(7-8-15(16)20(21)22)19-12-17(2,3)24-18(13-19)9-5-6-10-18/h7-8,11H,4-6,9-10,12-13H2,1-3H3. The number of hydrogen-bond acceptors (Lipinski definition) is 5. The zero-order chi connectivity index (χ0) is 17.4. The van der Waals surface area contributed by atoms with Crippen LogP contribution in [0.3, 0.4) is 0 Å². The van der Waals surface area contributed by atoms with Gasteiger partial charge in [0, 0.05) is 30.9 Å². The maximum absolute atomic E-state index is 11.2. The number of hydrogen-bond donors (Lipinski definition) is 0. The van der Waals surface area contributed by atoms with Crippen molar-refractivity contribution in [1.29, 1.82) is 0 Å². The zero-order valence-electron chi connectivity index (χ0n) is 14.7. The van der Waals surface area contributed by atoms with Crippen LogP contribution in [0, 0.1) is 10.1 Å². The summed E-state index contributed by atoms with van der Waals surface area (Å²) >= 11 is 0. The fourth-order valence-corrected chi connectivity index (χ4v) is 4.10. The Morgan fingerprint density at radius 2 is 2.00 bits per heavy atom. The SMILES string of the molecule is CCOc1cc(N2CC(C)(C)OC3(CCCC3)C2)ccc1[N+](=O)[O-]. The van der Waals surface area contributed by atoms with Crippen molar-refractivity contribution in [3.05, 3.63) is 28.3 Å². The lowest BCUT2D eigenvalue weighted by molar-refractivity contribution is -0.385. The number of ether oxygens (including phenoxy) is 2. The molecule has 2 fully saturated rings. The number of rotatable bonds is 4. The van der Waals surface area contributed by atoms with E-state index >= 15 is 0 Å². The van der Waals surface area contributed by atoms with Crippen LogP contribution in [0.1, 0.15) is 46.5 Å². The van der Waals surface area contributed by atoms with E-state index in [2.05, 4.69) is 18.7 Å². The van der Waals surface area contributed by atoms with E-state index in [-0.39, 0.29) is 16.9 Å². The second kappa shape index (κ2) is 6.24. The highest BCUT2D eigenvalue weighted by Crippen LogP contribution is 2.43. The fraction of sp³-hybridized carbons (Fsp3) is 0.667. The van der Waals surface area contributed by atoms with Gasteiger partial charge < -0.3 is 14.4 Å². The van der Waals surface area contributed by atoms with Gasteiger partial charge in [-0.25, -0.2) is 0 Å². The molecule has 1 spiro atoms. The number of anilines is 1. The Balaban J connectivity index is 1.92. The van der Waals surface area contributed by atoms with Gasteiger partial charge in [-0.15, -0.1) is 0 Å². The smallest absolute Gasteiger partial charge is 0.311 e. The third-order valence-electron chi connectivity index (χ3n) is 4.86. The third-order valence-corrected chi connectivity index (χ3v) is 4.86. The molecule has 1 saturated carbocycles. The first-order valence-corrected chi connectivity index (χ1v) is 8.71. The lowest BCUT2D eigenvalue weighted by Gasteiger charge is -2.49. The number of nitrogens with zero attached hydrogens (tertiary/aromatic N) is 2. The van der Waals surface area contributed by atoms with Crippen LogP contribution in [0.25, 0.3) is 0 Å². The Morgan fingerprint density at radius 3 is 2.62 bits per heavy atom. The molecule has 1 heterocycles. The van der Waals surface area contributed by atoms with Gasteiger partial charge in [0.15, 0.2) is 5.75 Å². The second-order valence-corrected chi connectivity index (χ2v) is 7.45. The van der Waals surface area contributed by atoms with Crippen LogP contribution in [-0.2, 0) is 4.74 Å². The van der Waals surface area contributed by atoms with Gasteiger partial charge in [-0.3, -0.25) is 10.1 Å². The van der Waals surface area contributed by atoms with Crippen molar-refractivity contribution in [3.8, 4) is 5.75 Å². The van der Waals surface area contributed by atoms with Crippen molar-refractivity contribution in [2.24, 2.45) is 0 Å². The van der Waals surface area contributed by atoms with Crippen LogP contribution in [0.5, 0.6) is 5.75 Å². The lowest BCUT2D eigenvalue weighted by atomic mass is 9.93. The zero-order valence-corrected chi connectivity index (χ0v) is 14.7. The van der Waals surface area contributed by atoms with Gasteiger partial charge >= 0.3 is 5.69 Å². The topological polar surface area (TPSA) is 64.8 Å². The van der Waals surface area contributed by atoms with Crippen LogP contribution in [0.15, 0.2) is 18.2 Å². The molecule has 2 aliphatic rings. The fourth-order valence-electron chi connectivity index (χ4n) is 4.10. The first kappa shape index (κ1) is 17.0. The Hall–Kier alpha value is -1.82. The van der Waals surface area contributed by atoms with Crippen molar-refractivity contribution >= 4 is 11.4 Å². The average Bonchev–Trinajstić information content (AvgIpc) is 2.92. The molecule has 0 radical (unpaired) electrons. The molecule has 3 rings (SSSR count). The predicted octanol–water partition coefficient (Wildman–Crippen LogP) is 3.92. The molecule has 1 aliphatic carbocycles. The van der Waals surface area contributed by atoms with E-state index in [1.54, 1.807) is 12.1 Å². The predicted molar refractivity (Wildman–Crippen MR) is 92.8 cm³/mol. The highest BCUT2D eigenvalue weighted by molar-refractivity contribution is 5.60. The monoisotopic (exact) mass is 334 g/mol. The molecule has 0 N–H and O–H groups in total. The molecule has 0 aromatic heterocycles. The van der Waals surface area contributed by atoms with Crippen molar-refractivity contribution in [1.82, 2.24) is 0 Å². The molecular weight excluding hydrogens is 308 g/mol. The van der Waals surface area contributed by atoms with Gasteiger partial charge in [0.05, 0.1) is 22.7 Å². The average molecular weight is 334 g/mol. The largest absolute Gasteiger partial charge is 0.487 e. The van der Waals surface area contributed by atoms with Gasteiger partial charge in [0.25, 0.3) is 0 Å². The number of nitro groups is 1. The minimum absolute atomic E-state index is 0.0173. The van der Waals surface area contributed by atoms with E-state index in [1.165, 1.54) is 12.8 Å². The number of nitro benzene ring substituents is 1. The first-order valence-electron chi connectivity index (χ1n) is 8.71. The lowest BCUT2D eigenvalue weighted by Crippen LogP contribution is -2.58. The summed E-state index contributed by atoms with van der Waals surface area (Å²) in [7, 11) is 0. The van der Waals surface area contributed by atoms with E-state index in [4.69, 9.17) is 9.47 Å². The maximum atomic E-state index is 11.2. The van der Waals surface area contributed by atoms with Crippen molar-refractivity contribution < 1.29 is 14.4 Å². The van der Waals surface area contributed by atoms with Gasteiger partial charge in [-0.1, -0.05) is 12.8 Å². The third kappa shape index (κ3) is 3.34. The van der Waals surface area contributed by atoms with Crippen molar-refractivity contribution in [2.45, 2.75) is 57.7 Å². The minimum atomic E-state index is -0.392. The maximum Gasteiger partial charge on any atom is 0.311 e. The van der Waals surface area contributed by atoms with Crippen LogP contribution >= 0.6 is 0 Å². The Labute approximate surface area is 142 Å². The van der Waals surface area contributed by atoms with Crippen molar-refractivity contribution in [2.75, 3.05) is 24.6 Å². The minimum Gasteiger partial charge on any atom is -0.487 e. The van der Waals surface area contributed by atoms with E-state index in [1.807, 2.05) is 13.0 Å². The van der Waals surface area contributed by atoms with Crippen LogP contribution < -0.4 is 9.64 Å². The molecule has 1 aliphatic heterocycles. The molecule has 6 nitrogen and oxygen atoms in total. The highest BCUT2D eigenvalue weighted by atomic mass is 16.6. The van der Waals surface area contributed by atoms with Gasteiger partial charge in [-0.05, 0) is 39.7 Å². The number of benzene rings is 1. The molecule has 0 bridgehead atoms. The summed E-state index contributed by atoms with van der Waals surface area (Å²) in [5.41, 5.74) is 0.654. The van der Waals surface area contributed by atoms with E-state index in [0.29, 0.717) is 12.4 Å². The van der Waals surface area contributed by atoms with Crippen LogP contribution in [-0.4, -0.2) is 35.8 Å². The van der Waals surface area contributed by atoms with Gasteiger partial charge in [0.2, 0.25) is 0 Å². The van der Waals surface area contributed by atoms with E-state index < -0.39 is 4.92 Å². The summed E-state index contributed by atoms with van der Waals surface area (Å²) in [6, 6.07) is 5.17. The Morgan fingerprint density at radius 1 is 1.29 bits per heavy atom. The molecular formula is C18H26N2O4. The molecule has 0 atom stereocenters. The summed E-state index contributed by atoms with van der Waals surface area (Å²) in [5.74, 6) is 0.338. The quantitative estimate of drug-likeness (QED) is 0.617. The molecule has 1 aromatic rings. The van der Waals surface area contributed by atoms with Crippen LogP contribution in [0.2, 0.25) is 0 Å². The molecule has 24 heavy (non-hydrogen) atoms. The molecule has 1 aromatic carbocycles. The molecule has 132 valence electrons. The van der Waals surface area contributed by atoms with Gasteiger partial charge in [0.1, 0.15) is 0 Å². The summed E-state index contributed by atoms with van der Waals surface area (Å²) in [5, 5.41) is 11.2. The summed E-state index contributed by atoms with van der Waals surface area (Å²) in [6.45, 7) is 8.07. The normalized spacial score (nSPS) is 21.9. The summed E-state index contributed by atoms with van der Waals surface area (Å²) in [6.07, 6.45) is 4.57. The summed E-state index contributed by atoms with van der Waals surface area (Å²) in [4.78, 5) is 13.1. The molecule has 0 unspecified atom stereocenters. The Bertz CT molecular complexity index is 623. The highest BCUT2D eigenvalue weighted by Gasteiger charge is 2.46. The van der Waals surface area contributed by atoms with E-state index in [9.17, 15) is 10.1 Å². The number of morpholine rings is 1.